The fourth-order valence-electron chi connectivity index (χ4n) is 2.81. The molecule has 0 spiro atoms. The molecule has 2 aromatic rings. The van der Waals surface area contributed by atoms with Gasteiger partial charge in [0.05, 0.1) is 5.69 Å². The normalized spacial score (nSPS) is 17.0. The Morgan fingerprint density at radius 3 is 2.79 bits per heavy atom. The van der Waals surface area contributed by atoms with Crippen molar-refractivity contribution in [3.63, 3.8) is 0 Å². The molecule has 3 rings (SSSR count). The summed E-state index contributed by atoms with van der Waals surface area (Å²) in [6.45, 7) is 4.12. The number of carbonyl (C=O) groups is 2. The Labute approximate surface area is 147 Å². The highest BCUT2D eigenvalue weighted by Crippen LogP contribution is 2.30. The summed E-state index contributed by atoms with van der Waals surface area (Å²) in [5, 5.41) is 13.4. The number of rotatable bonds is 3. The molecule has 1 aliphatic heterocycles. The van der Waals surface area contributed by atoms with Crippen LogP contribution >= 0.6 is 15.9 Å². The lowest BCUT2D eigenvalue weighted by molar-refractivity contribution is -0.142. The van der Waals surface area contributed by atoms with Crippen LogP contribution in [0.5, 0.6) is 0 Å². The highest BCUT2D eigenvalue weighted by atomic mass is 79.9. The minimum Gasteiger partial charge on any atom is -0.480 e. The second-order valence-electron chi connectivity index (χ2n) is 6.14. The minimum atomic E-state index is -1.03. The van der Waals surface area contributed by atoms with E-state index in [0.29, 0.717) is 5.69 Å². The lowest BCUT2D eigenvalue weighted by Crippen LogP contribution is -2.48. The summed E-state index contributed by atoms with van der Waals surface area (Å²) < 4.78 is 6.00. The van der Waals surface area contributed by atoms with E-state index in [1.807, 2.05) is 32.0 Å². The number of halogens is 1. The molecule has 1 amide bonds. The summed E-state index contributed by atoms with van der Waals surface area (Å²) in [7, 11) is 0. The SMILES string of the molecule is CC(C)c1cc(C(=O)N2Cc3cccc(Br)c3CC2C(=O)O)on1. The summed E-state index contributed by atoms with van der Waals surface area (Å²) in [5.41, 5.74) is 2.53. The number of fused-ring (bicyclic) bond motifs is 1. The molecule has 0 saturated carbocycles. The van der Waals surface area contributed by atoms with Gasteiger partial charge in [-0.25, -0.2) is 4.79 Å². The zero-order chi connectivity index (χ0) is 17.4. The molecule has 1 atom stereocenters. The zero-order valence-electron chi connectivity index (χ0n) is 13.3. The van der Waals surface area contributed by atoms with Gasteiger partial charge in [-0.05, 0) is 23.1 Å². The monoisotopic (exact) mass is 392 g/mol. The predicted octanol–water partition coefficient (Wildman–Crippen LogP) is 3.21. The van der Waals surface area contributed by atoms with Gasteiger partial charge in [-0.15, -0.1) is 0 Å². The van der Waals surface area contributed by atoms with Crippen LogP contribution in [0.3, 0.4) is 0 Å². The third kappa shape index (κ3) is 2.96. The van der Waals surface area contributed by atoms with E-state index in [-0.39, 0.29) is 24.6 Å². The average molecular weight is 393 g/mol. The van der Waals surface area contributed by atoms with E-state index in [1.54, 1.807) is 6.07 Å². The summed E-state index contributed by atoms with van der Waals surface area (Å²) in [6, 6.07) is 6.30. The first kappa shape index (κ1) is 16.7. The first-order chi connectivity index (χ1) is 11.4. The van der Waals surface area contributed by atoms with Crippen molar-refractivity contribution in [2.24, 2.45) is 0 Å². The van der Waals surface area contributed by atoms with Crippen LogP contribution < -0.4 is 0 Å². The molecule has 0 fully saturated rings. The number of aliphatic carboxylic acids is 1. The van der Waals surface area contributed by atoms with E-state index in [4.69, 9.17) is 4.52 Å². The lowest BCUT2D eigenvalue weighted by atomic mass is 9.93. The van der Waals surface area contributed by atoms with E-state index < -0.39 is 17.9 Å². The number of benzene rings is 1. The van der Waals surface area contributed by atoms with Gasteiger partial charge in [0.2, 0.25) is 5.76 Å². The zero-order valence-corrected chi connectivity index (χ0v) is 14.9. The van der Waals surface area contributed by atoms with Crippen LogP contribution in [-0.4, -0.2) is 33.1 Å². The molecule has 1 aromatic heterocycles. The Balaban J connectivity index is 1.95. The average Bonchev–Trinajstić information content (AvgIpc) is 3.03. The molecule has 0 saturated heterocycles. The van der Waals surface area contributed by atoms with Gasteiger partial charge in [0.25, 0.3) is 5.91 Å². The molecule has 24 heavy (non-hydrogen) atoms. The number of carboxylic acid groups (broad SMARTS) is 1. The molecule has 126 valence electrons. The number of amides is 1. The van der Waals surface area contributed by atoms with Crippen molar-refractivity contribution in [3.05, 3.63) is 51.3 Å². The van der Waals surface area contributed by atoms with Crippen LogP contribution in [0.25, 0.3) is 0 Å². The fourth-order valence-corrected chi connectivity index (χ4v) is 3.38. The van der Waals surface area contributed by atoms with Crippen LogP contribution in [0.15, 0.2) is 33.3 Å². The maximum atomic E-state index is 12.8. The maximum Gasteiger partial charge on any atom is 0.326 e. The van der Waals surface area contributed by atoms with E-state index in [9.17, 15) is 14.7 Å². The Morgan fingerprint density at radius 2 is 2.17 bits per heavy atom. The number of nitrogens with zero attached hydrogens (tertiary/aromatic N) is 2. The quantitative estimate of drug-likeness (QED) is 0.866. The molecule has 1 aromatic carbocycles. The number of hydrogen-bond acceptors (Lipinski definition) is 4. The van der Waals surface area contributed by atoms with Gasteiger partial charge in [-0.2, -0.15) is 0 Å². The second kappa shape index (κ2) is 6.39. The number of carbonyl (C=O) groups excluding carboxylic acids is 1. The molecule has 0 aliphatic carbocycles. The number of carboxylic acids is 1. The summed E-state index contributed by atoms with van der Waals surface area (Å²) in [4.78, 5) is 25.8. The smallest absolute Gasteiger partial charge is 0.326 e. The van der Waals surface area contributed by atoms with Crippen molar-refractivity contribution in [3.8, 4) is 0 Å². The summed E-state index contributed by atoms with van der Waals surface area (Å²) in [6.07, 6.45) is 0.253. The molecule has 2 heterocycles. The largest absolute Gasteiger partial charge is 0.480 e. The van der Waals surface area contributed by atoms with Crippen LogP contribution in [0, 0.1) is 0 Å². The van der Waals surface area contributed by atoms with E-state index in [2.05, 4.69) is 21.1 Å². The fraction of sp³-hybridized carbons (Fsp3) is 0.353. The molecule has 1 unspecified atom stereocenters. The van der Waals surface area contributed by atoms with Crippen LogP contribution in [0.1, 0.15) is 47.1 Å². The molecule has 0 bridgehead atoms. The first-order valence-electron chi connectivity index (χ1n) is 7.65. The first-order valence-corrected chi connectivity index (χ1v) is 8.44. The van der Waals surface area contributed by atoms with E-state index in [0.717, 1.165) is 15.6 Å². The van der Waals surface area contributed by atoms with Crippen molar-refractivity contribution < 1.29 is 19.2 Å². The molecule has 0 radical (unpaired) electrons. The van der Waals surface area contributed by atoms with Crippen molar-refractivity contribution >= 4 is 27.8 Å². The second-order valence-corrected chi connectivity index (χ2v) is 6.99. The van der Waals surface area contributed by atoms with Gasteiger partial charge >= 0.3 is 5.97 Å². The van der Waals surface area contributed by atoms with Crippen molar-refractivity contribution in [2.75, 3.05) is 0 Å². The van der Waals surface area contributed by atoms with Gasteiger partial charge in [0.15, 0.2) is 0 Å². The summed E-state index contributed by atoms with van der Waals surface area (Å²) >= 11 is 3.45. The molecule has 6 nitrogen and oxygen atoms in total. The van der Waals surface area contributed by atoms with Crippen LogP contribution in [0.2, 0.25) is 0 Å². The molecular weight excluding hydrogens is 376 g/mol. The number of aromatic nitrogens is 1. The Kier molecular flexibility index (Phi) is 4.45. The minimum absolute atomic E-state index is 0.0726. The molecule has 1 N–H and O–H groups in total. The van der Waals surface area contributed by atoms with E-state index in [1.165, 1.54) is 4.90 Å². The standard InChI is InChI=1S/C17H17BrN2O4/c1-9(2)13-7-15(24-19-13)16(21)20-8-10-4-3-5-12(18)11(10)6-14(20)17(22)23/h3-5,7,9,14H,6,8H2,1-2H3,(H,22,23). The third-order valence-electron chi connectivity index (χ3n) is 4.21. The van der Waals surface area contributed by atoms with Gasteiger partial charge in [0.1, 0.15) is 6.04 Å². The molecule has 1 aliphatic rings. The van der Waals surface area contributed by atoms with Gasteiger partial charge in [-0.3, -0.25) is 4.79 Å². The Hall–Kier alpha value is -2.15. The lowest BCUT2D eigenvalue weighted by Gasteiger charge is -2.34. The van der Waals surface area contributed by atoms with Gasteiger partial charge in [0, 0.05) is 23.5 Å². The topological polar surface area (TPSA) is 83.6 Å². The van der Waals surface area contributed by atoms with E-state index >= 15 is 0 Å². The highest BCUT2D eigenvalue weighted by molar-refractivity contribution is 9.10. The Morgan fingerprint density at radius 1 is 1.42 bits per heavy atom. The van der Waals surface area contributed by atoms with Crippen LogP contribution in [-0.2, 0) is 17.8 Å². The molecule has 7 heteroatoms. The predicted molar refractivity (Wildman–Crippen MR) is 89.7 cm³/mol. The Bertz CT molecular complexity index is 800. The third-order valence-corrected chi connectivity index (χ3v) is 4.95. The van der Waals surface area contributed by atoms with Crippen molar-refractivity contribution in [2.45, 2.75) is 38.8 Å². The maximum absolute atomic E-state index is 12.8. The summed E-state index contributed by atoms with van der Waals surface area (Å²) in [5.74, 6) is -1.28. The number of hydrogen-bond donors (Lipinski definition) is 1. The molecular formula is C17H17BrN2O4. The van der Waals surface area contributed by atoms with Gasteiger partial charge < -0.3 is 14.5 Å². The van der Waals surface area contributed by atoms with Crippen LogP contribution in [0.4, 0.5) is 0 Å². The highest BCUT2D eigenvalue weighted by Gasteiger charge is 2.37. The van der Waals surface area contributed by atoms with Crippen molar-refractivity contribution in [1.29, 1.82) is 0 Å². The van der Waals surface area contributed by atoms with Crippen molar-refractivity contribution in [1.82, 2.24) is 10.1 Å². The van der Waals surface area contributed by atoms with Gasteiger partial charge in [-0.1, -0.05) is 47.1 Å².